The van der Waals surface area contributed by atoms with E-state index in [9.17, 15) is 0 Å². The van der Waals surface area contributed by atoms with Gasteiger partial charge in [-0.15, -0.1) is 0 Å². The molecule has 2 aliphatic rings. The minimum Gasteiger partial charge on any atom is -0.454 e. The first-order valence-electron chi connectivity index (χ1n) is 10.1. The van der Waals surface area contributed by atoms with E-state index in [-0.39, 0.29) is 0 Å². The molecule has 0 amide bonds. The third-order valence-corrected chi connectivity index (χ3v) is 5.44. The summed E-state index contributed by atoms with van der Waals surface area (Å²) >= 11 is 0. The number of benzene rings is 1. The predicted octanol–water partition coefficient (Wildman–Crippen LogP) is 3.82. The summed E-state index contributed by atoms with van der Waals surface area (Å²) in [6, 6.07) is 10.5. The fourth-order valence-corrected chi connectivity index (χ4v) is 3.95. The molecule has 0 saturated carbocycles. The number of para-hydroxylation sites is 1. The van der Waals surface area contributed by atoms with Gasteiger partial charge in [-0.05, 0) is 56.2 Å². The molecular formula is C22H29N3O2. The normalized spacial score (nSPS) is 16.8. The lowest BCUT2D eigenvalue weighted by Gasteiger charge is -2.26. The number of ether oxygens (including phenoxy) is 2. The van der Waals surface area contributed by atoms with Crippen molar-refractivity contribution in [3.8, 4) is 11.5 Å². The minimum absolute atomic E-state index is 0.322. The SMILES string of the molecule is CCN(Cc1ccnc(CN2CCCCC2)c1)Cc1cccc2c1OCO2. The maximum Gasteiger partial charge on any atom is 0.231 e. The molecule has 3 heterocycles. The fraction of sp³-hybridized carbons (Fsp3) is 0.500. The quantitative estimate of drug-likeness (QED) is 0.744. The molecule has 0 unspecified atom stereocenters. The van der Waals surface area contributed by atoms with E-state index in [1.165, 1.54) is 49.2 Å². The van der Waals surface area contributed by atoms with Crippen LogP contribution in [0.1, 0.15) is 43.0 Å². The molecule has 0 spiro atoms. The van der Waals surface area contributed by atoms with Gasteiger partial charge in [-0.3, -0.25) is 14.8 Å². The Morgan fingerprint density at radius 1 is 1.07 bits per heavy atom. The molecule has 4 rings (SSSR count). The Bertz CT molecular complexity index is 759. The van der Waals surface area contributed by atoms with Gasteiger partial charge in [0.1, 0.15) is 0 Å². The lowest BCUT2D eigenvalue weighted by Crippen LogP contribution is -2.29. The number of fused-ring (bicyclic) bond motifs is 1. The van der Waals surface area contributed by atoms with Crippen molar-refractivity contribution in [3.05, 3.63) is 53.3 Å². The predicted molar refractivity (Wildman–Crippen MR) is 106 cm³/mol. The number of aromatic nitrogens is 1. The van der Waals surface area contributed by atoms with E-state index in [1.807, 2.05) is 18.3 Å². The van der Waals surface area contributed by atoms with Gasteiger partial charge in [-0.2, -0.15) is 0 Å². The largest absolute Gasteiger partial charge is 0.454 e. The second-order valence-corrected chi connectivity index (χ2v) is 7.45. The van der Waals surface area contributed by atoms with E-state index < -0.39 is 0 Å². The van der Waals surface area contributed by atoms with Crippen LogP contribution in [0.4, 0.5) is 0 Å². The Kier molecular flexibility index (Phi) is 5.90. The zero-order chi connectivity index (χ0) is 18.5. The van der Waals surface area contributed by atoms with Gasteiger partial charge in [0.05, 0.1) is 5.69 Å². The second-order valence-electron chi connectivity index (χ2n) is 7.45. The first-order valence-corrected chi connectivity index (χ1v) is 10.1. The number of hydrogen-bond acceptors (Lipinski definition) is 5. The topological polar surface area (TPSA) is 37.8 Å². The molecule has 0 bridgehead atoms. The van der Waals surface area contributed by atoms with Gasteiger partial charge in [0, 0.05) is 31.4 Å². The Labute approximate surface area is 161 Å². The van der Waals surface area contributed by atoms with E-state index in [1.54, 1.807) is 0 Å². The molecule has 2 aliphatic heterocycles. The minimum atomic E-state index is 0.322. The molecule has 0 aliphatic carbocycles. The molecule has 1 aromatic carbocycles. The highest BCUT2D eigenvalue weighted by Gasteiger charge is 2.19. The summed E-state index contributed by atoms with van der Waals surface area (Å²) in [5.74, 6) is 1.76. The summed E-state index contributed by atoms with van der Waals surface area (Å²) in [5, 5.41) is 0. The summed E-state index contributed by atoms with van der Waals surface area (Å²) in [5.41, 5.74) is 3.70. The van der Waals surface area contributed by atoms with Gasteiger partial charge in [-0.25, -0.2) is 0 Å². The zero-order valence-electron chi connectivity index (χ0n) is 16.2. The standard InChI is InChI=1S/C22H29N3O2/c1-2-24(15-19-7-6-8-21-22(19)27-17-26-21)14-18-9-10-23-20(13-18)16-25-11-4-3-5-12-25/h6-10,13H,2-5,11-12,14-17H2,1H3. The van der Waals surface area contributed by atoms with Crippen LogP contribution in [-0.4, -0.2) is 41.2 Å². The van der Waals surface area contributed by atoms with Gasteiger partial charge in [-0.1, -0.05) is 25.5 Å². The van der Waals surface area contributed by atoms with Crippen molar-refractivity contribution in [2.45, 2.75) is 45.8 Å². The van der Waals surface area contributed by atoms with Crippen molar-refractivity contribution < 1.29 is 9.47 Å². The highest BCUT2D eigenvalue weighted by molar-refractivity contribution is 5.48. The van der Waals surface area contributed by atoms with Crippen molar-refractivity contribution in [3.63, 3.8) is 0 Å². The van der Waals surface area contributed by atoms with E-state index >= 15 is 0 Å². The fourth-order valence-electron chi connectivity index (χ4n) is 3.95. The van der Waals surface area contributed by atoms with Crippen molar-refractivity contribution in [1.29, 1.82) is 0 Å². The second kappa shape index (κ2) is 8.72. The number of nitrogens with zero attached hydrogens (tertiary/aromatic N) is 3. The molecule has 1 fully saturated rings. The molecule has 27 heavy (non-hydrogen) atoms. The summed E-state index contributed by atoms with van der Waals surface area (Å²) in [6.07, 6.45) is 5.96. The lowest BCUT2D eigenvalue weighted by molar-refractivity contribution is 0.171. The van der Waals surface area contributed by atoms with E-state index in [4.69, 9.17) is 9.47 Å². The maximum absolute atomic E-state index is 5.66. The highest BCUT2D eigenvalue weighted by atomic mass is 16.7. The average Bonchev–Trinajstić information content (AvgIpc) is 3.18. The molecule has 5 heteroatoms. The lowest BCUT2D eigenvalue weighted by atomic mass is 10.1. The Hall–Kier alpha value is -2.11. The van der Waals surface area contributed by atoms with Crippen molar-refractivity contribution in [2.75, 3.05) is 26.4 Å². The number of rotatable bonds is 7. The third kappa shape index (κ3) is 4.60. The molecule has 144 valence electrons. The Balaban J connectivity index is 1.41. The first kappa shape index (κ1) is 18.3. The summed E-state index contributed by atoms with van der Waals surface area (Å²) < 4.78 is 11.2. The van der Waals surface area contributed by atoms with E-state index in [0.717, 1.165) is 37.7 Å². The molecule has 0 radical (unpaired) electrons. The molecule has 5 nitrogen and oxygen atoms in total. The van der Waals surface area contributed by atoms with Gasteiger partial charge in [0.2, 0.25) is 6.79 Å². The van der Waals surface area contributed by atoms with Crippen LogP contribution >= 0.6 is 0 Å². The van der Waals surface area contributed by atoms with Gasteiger partial charge >= 0.3 is 0 Å². The van der Waals surface area contributed by atoms with Crippen LogP contribution in [0.25, 0.3) is 0 Å². The van der Waals surface area contributed by atoms with Crippen LogP contribution in [0.2, 0.25) is 0 Å². The molecule has 0 N–H and O–H groups in total. The average molecular weight is 367 g/mol. The Morgan fingerprint density at radius 2 is 1.96 bits per heavy atom. The summed E-state index contributed by atoms with van der Waals surface area (Å²) in [7, 11) is 0. The van der Waals surface area contributed by atoms with Crippen LogP contribution in [0, 0.1) is 0 Å². The third-order valence-electron chi connectivity index (χ3n) is 5.44. The van der Waals surface area contributed by atoms with E-state index in [2.05, 4.69) is 39.9 Å². The monoisotopic (exact) mass is 367 g/mol. The number of piperidine rings is 1. The van der Waals surface area contributed by atoms with Gasteiger partial charge < -0.3 is 9.47 Å². The summed E-state index contributed by atoms with van der Waals surface area (Å²) in [4.78, 5) is 9.55. The summed E-state index contributed by atoms with van der Waals surface area (Å²) in [6.45, 7) is 8.65. The number of likely N-dealkylation sites (tertiary alicyclic amines) is 1. The highest BCUT2D eigenvalue weighted by Crippen LogP contribution is 2.36. The Morgan fingerprint density at radius 3 is 2.81 bits per heavy atom. The molecule has 1 saturated heterocycles. The van der Waals surface area contributed by atoms with Crippen LogP contribution in [0.3, 0.4) is 0 Å². The van der Waals surface area contributed by atoms with Crippen LogP contribution < -0.4 is 9.47 Å². The van der Waals surface area contributed by atoms with E-state index in [0.29, 0.717) is 6.79 Å². The van der Waals surface area contributed by atoms with Crippen LogP contribution in [0.5, 0.6) is 11.5 Å². The molecule has 2 aromatic rings. The molecular weight excluding hydrogens is 338 g/mol. The first-order chi connectivity index (χ1) is 13.3. The maximum atomic E-state index is 5.66. The van der Waals surface area contributed by atoms with Gasteiger partial charge in [0.25, 0.3) is 0 Å². The van der Waals surface area contributed by atoms with Gasteiger partial charge in [0.15, 0.2) is 11.5 Å². The number of hydrogen-bond donors (Lipinski definition) is 0. The zero-order valence-corrected chi connectivity index (χ0v) is 16.2. The van der Waals surface area contributed by atoms with Crippen molar-refractivity contribution >= 4 is 0 Å². The molecule has 1 aromatic heterocycles. The smallest absolute Gasteiger partial charge is 0.231 e. The van der Waals surface area contributed by atoms with Crippen LogP contribution in [0.15, 0.2) is 36.5 Å². The molecule has 0 atom stereocenters. The van der Waals surface area contributed by atoms with Crippen LogP contribution in [-0.2, 0) is 19.6 Å². The van der Waals surface area contributed by atoms with Crippen molar-refractivity contribution in [1.82, 2.24) is 14.8 Å². The number of pyridine rings is 1. The van der Waals surface area contributed by atoms with Crippen molar-refractivity contribution in [2.24, 2.45) is 0 Å².